The van der Waals surface area contributed by atoms with Gasteiger partial charge in [0, 0.05) is 18.8 Å². The van der Waals surface area contributed by atoms with Crippen molar-refractivity contribution in [2.24, 2.45) is 0 Å². The summed E-state index contributed by atoms with van der Waals surface area (Å²) in [7, 11) is 0. The molecule has 2 heterocycles. The number of amides is 2. The van der Waals surface area contributed by atoms with Crippen LogP contribution < -0.4 is 10.6 Å². The third-order valence-electron chi connectivity index (χ3n) is 3.21. The summed E-state index contributed by atoms with van der Waals surface area (Å²) in [6.07, 6.45) is 1.57. The van der Waals surface area contributed by atoms with E-state index in [9.17, 15) is 9.59 Å². The van der Waals surface area contributed by atoms with Gasteiger partial charge in [-0.3, -0.25) is 14.3 Å². The predicted molar refractivity (Wildman–Crippen MR) is 80.2 cm³/mol. The van der Waals surface area contributed by atoms with E-state index in [2.05, 4.69) is 15.7 Å². The van der Waals surface area contributed by atoms with Crippen LogP contribution in [-0.2, 0) is 9.59 Å². The number of nitrogens with one attached hydrogen (secondary N) is 2. The van der Waals surface area contributed by atoms with Gasteiger partial charge >= 0.3 is 11.8 Å². The molecule has 7 heteroatoms. The molecular formula is C15H20N4O3. The maximum atomic E-state index is 11.7. The normalized spacial score (nSPS) is 12.0. The highest BCUT2D eigenvalue weighted by Crippen LogP contribution is 2.20. The molecule has 2 aromatic rings. The number of nitrogens with zero attached hydrogens (tertiary/aromatic N) is 2. The fourth-order valence-corrected chi connectivity index (χ4v) is 2.26. The molecule has 2 amide bonds. The molecule has 22 heavy (non-hydrogen) atoms. The minimum absolute atomic E-state index is 0.214. The van der Waals surface area contributed by atoms with Crippen LogP contribution in [0.5, 0.6) is 0 Å². The van der Waals surface area contributed by atoms with Crippen molar-refractivity contribution in [1.82, 2.24) is 20.4 Å². The van der Waals surface area contributed by atoms with Gasteiger partial charge in [-0.25, -0.2) is 0 Å². The summed E-state index contributed by atoms with van der Waals surface area (Å²) in [5.41, 5.74) is 1.83. The van der Waals surface area contributed by atoms with E-state index in [0.717, 1.165) is 11.4 Å². The Morgan fingerprint density at radius 1 is 1.32 bits per heavy atom. The lowest BCUT2D eigenvalue weighted by atomic mass is 10.2. The van der Waals surface area contributed by atoms with Crippen molar-refractivity contribution in [3.63, 3.8) is 0 Å². The lowest BCUT2D eigenvalue weighted by Gasteiger charge is -2.17. The summed E-state index contributed by atoms with van der Waals surface area (Å²) < 4.78 is 7.23. The molecule has 0 aliphatic carbocycles. The monoisotopic (exact) mass is 304 g/mol. The number of likely N-dealkylation sites (N-methyl/N-ethyl adjacent to an activating group) is 1. The molecule has 0 fully saturated rings. The molecule has 7 nitrogen and oxygen atoms in total. The maximum absolute atomic E-state index is 11.7. The van der Waals surface area contributed by atoms with Crippen LogP contribution in [-0.4, -0.2) is 34.7 Å². The molecule has 0 saturated heterocycles. The number of hydrogen-bond acceptors (Lipinski definition) is 4. The minimum atomic E-state index is -0.667. The molecule has 2 N–H and O–H groups in total. The molecule has 118 valence electrons. The summed E-state index contributed by atoms with van der Waals surface area (Å²) in [6, 6.07) is 5.24. The first-order valence-electron chi connectivity index (χ1n) is 7.15. The summed E-state index contributed by atoms with van der Waals surface area (Å²) in [5.74, 6) is -0.642. The van der Waals surface area contributed by atoms with Crippen molar-refractivity contribution in [1.29, 1.82) is 0 Å². The highest BCUT2D eigenvalue weighted by Gasteiger charge is 2.22. The first-order chi connectivity index (χ1) is 10.5. The van der Waals surface area contributed by atoms with Crippen molar-refractivity contribution in [2.75, 3.05) is 13.1 Å². The third kappa shape index (κ3) is 3.55. The fourth-order valence-electron chi connectivity index (χ4n) is 2.26. The Morgan fingerprint density at radius 2 is 2.05 bits per heavy atom. The van der Waals surface area contributed by atoms with E-state index in [-0.39, 0.29) is 12.6 Å². The number of carbonyl (C=O) groups is 2. The molecular weight excluding hydrogens is 284 g/mol. The molecule has 0 bridgehead atoms. The topological polar surface area (TPSA) is 89.2 Å². The highest BCUT2D eigenvalue weighted by molar-refractivity contribution is 6.35. The zero-order chi connectivity index (χ0) is 16.1. The quantitative estimate of drug-likeness (QED) is 0.804. The van der Waals surface area contributed by atoms with E-state index >= 15 is 0 Å². The average Bonchev–Trinajstić information content (AvgIpc) is 3.10. The Morgan fingerprint density at radius 3 is 2.59 bits per heavy atom. The molecule has 0 aromatic carbocycles. The SMILES string of the molecule is CCNC(=O)C(=O)NCC(c1ccco1)n1nc(C)cc1C. The van der Waals surface area contributed by atoms with Crippen molar-refractivity contribution >= 4 is 11.8 Å². The summed E-state index contributed by atoms with van der Waals surface area (Å²) in [6.45, 7) is 6.21. The zero-order valence-corrected chi connectivity index (χ0v) is 12.9. The first-order valence-corrected chi connectivity index (χ1v) is 7.15. The molecule has 0 saturated carbocycles. The number of rotatable bonds is 5. The van der Waals surface area contributed by atoms with Gasteiger partial charge in [-0.1, -0.05) is 0 Å². The van der Waals surface area contributed by atoms with Crippen LogP contribution in [0.15, 0.2) is 28.9 Å². The number of hydrogen-bond donors (Lipinski definition) is 2. The summed E-state index contributed by atoms with van der Waals surface area (Å²) in [4.78, 5) is 23.2. The smallest absolute Gasteiger partial charge is 0.309 e. The molecule has 1 unspecified atom stereocenters. The molecule has 2 aromatic heterocycles. The molecule has 0 aliphatic rings. The lowest BCUT2D eigenvalue weighted by molar-refractivity contribution is -0.139. The number of carbonyl (C=O) groups excluding carboxylic acids is 2. The van der Waals surface area contributed by atoms with Gasteiger partial charge in [-0.15, -0.1) is 0 Å². The molecule has 0 spiro atoms. The predicted octanol–water partition coefficient (Wildman–Crippen LogP) is 0.935. The number of aromatic nitrogens is 2. The van der Waals surface area contributed by atoms with E-state index in [1.807, 2.05) is 26.0 Å². The van der Waals surface area contributed by atoms with Crippen LogP contribution in [0.25, 0.3) is 0 Å². The Kier molecular flexibility index (Phi) is 4.98. The Labute approximate surface area is 128 Å². The zero-order valence-electron chi connectivity index (χ0n) is 12.9. The van der Waals surface area contributed by atoms with E-state index in [4.69, 9.17) is 4.42 Å². The van der Waals surface area contributed by atoms with Crippen LogP contribution in [0.2, 0.25) is 0 Å². The van der Waals surface area contributed by atoms with Gasteiger partial charge in [-0.05, 0) is 39.0 Å². The van der Waals surface area contributed by atoms with Crippen LogP contribution in [0.1, 0.15) is 30.1 Å². The van der Waals surface area contributed by atoms with E-state index < -0.39 is 11.8 Å². The first kappa shape index (κ1) is 15.8. The van der Waals surface area contributed by atoms with Gasteiger partial charge in [0.25, 0.3) is 0 Å². The van der Waals surface area contributed by atoms with Gasteiger partial charge in [-0.2, -0.15) is 5.10 Å². The van der Waals surface area contributed by atoms with Gasteiger partial charge in [0.2, 0.25) is 0 Å². The third-order valence-corrected chi connectivity index (χ3v) is 3.21. The van der Waals surface area contributed by atoms with Crippen molar-refractivity contribution in [3.05, 3.63) is 41.6 Å². The van der Waals surface area contributed by atoms with Crippen molar-refractivity contribution in [2.45, 2.75) is 26.8 Å². The maximum Gasteiger partial charge on any atom is 0.309 e. The summed E-state index contributed by atoms with van der Waals surface area (Å²) >= 11 is 0. The molecule has 0 aliphatic heterocycles. The van der Waals surface area contributed by atoms with E-state index in [1.54, 1.807) is 23.9 Å². The Hall–Kier alpha value is -2.57. The van der Waals surface area contributed by atoms with Crippen LogP contribution in [0.3, 0.4) is 0 Å². The van der Waals surface area contributed by atoms with Gasteiger partial charge in [0.15, 0.2) is 0 Å². The van der Waals surface area contributed by atoms with Gasteiger partial charge < -0.3 is 15.1 Å². The minimum Gasteiger partial charge on any atom is -0.467 e. The van der Waals surface area contributed by atoms with E-state index in [1.165, 1.54) is 0 Å². The largest absolute Gasteiger partial charge is 0.467 e. The second-order valence-corrected chi connectivity index (χ2v) is 4.97. The molecule has 2 rings (SSSR count). The fraction of sp³-hybridized carbons (Fsp3) is 0.400. The van der Waals surface area contributed by atoms with E-state index in [0.29, 0.717) is 12.3 Å². The Balaban J connectivity index is 2.15. The number of aryl methyl sites for hydroxylation is 2. The Bertz CT molecular complexity index is 646. The van der Waals surface area contributed by atoms with Crippen molar-refractivity contribution < 1.29 is 14.0 Å². The van der Waals surface area contributed by atoms with Crippen LogP contribution >= 0.6 is 0 Å². The lowest BCUT2D eigenvalue weighted by Crippen LogP contribution is -2.42. The molecule has 1 atom stereocenters. The highest BCUT2D eigenvalue weighted by atomic mass is 16.3. The standard InChI is InChI=1S/C15H20N4O3/c1-4-16-14(20)15(21)17-9-12(13-6-5-7-22-13)19-11(3)8-10(2)18-19/h5-8,12H,4,9H2,1-3H3,(H,16,20)(H,17,21). The van der Waals surface area contributed by atoms with Crippen molar-refractivity contribution in [3.8, 4) is 0 Å². The van der Waals surface area contributed by atoms with Crippen LogP contribution in [0.4, 0.5) is 0 Å². The van der Waals surface area contributed by atoms with Gasteiger partial charge in [0.05, 0.1) is 12.0 Å². The second-order valence-electron chi connectivity index (χ2n) is 4.97. The van der Waals surface area contributed by atoms with Gasteiger partial charge in [0.1, 0.15) is 11.8 Å². The summed E-state index contributed by atoms with van der Waals surface area (Å²) in [5, 5.41) is 9.51. The van der Waals surface area contributed by atoms with Crippen LogP contribution in [0, 0.1) is 13.8 Å². The average molecular weight is 304 g/mol. The number of furan rings is 1. The second kappa shape index (κ2) is 6.93. The molecule has 0 radical (unpaired) electrons.